The minimum Gasteiger partial charge on any atom is -0.337 e. The Morgan fingerprint density at radius 3 is 2.71 bits per heavy atom. The summed E-state index contributed by atoms with van der Waals surface area (Å²) in [4.78, 5) is 16.2. The van der Waals surface area contributed by atoms with Gasteiger partial charge in [-0.3, -0.25) is 9.69 Å². The molecule has 0 aliphatic carbocycles. The first-order chi connectivity index (χ1) is 6.48. The average Bonchev–Trinajstić information content (AvgIpc) is 2.50. The number of carbonyl (C=O) groups excluding carboxylic acids is 1. The van der Waals surface area contributed by atoms with Gasteiger partial charge in [0.15, 0.2) is 0 Å². The van der Waals surface area contributed by atoms with Gasteiger partial charge < -0.3 is 4.90 Å². The first kappa shape index (κ1) is 9.97. The van der Waals surface area contributed by atoms with Gasteiger partial charge in [-0.1, -0.05) is 0 Å². The van der Waals surface area contributed by atoms with Gasteiger partial charge in [0, 0.05) is 24.7 Å². The summed E-state index contributed by atoms with van der Waals surface area (Å²) in [6, 6.07) is 0.496. The standard InChI is InChI=1S/C11H20N2O/c1-11(2,3)12-7-9-5-4-6-13(9)10(14)8-12/h9H,4-8H2,1-3H3. The van der Waals surface area contributed by atoms with Gasteiger partial charge in [-0.2, -0.15) is 0 Å². The molecule has 2 saturated heterocycles. The predicted octanol–water partition coefficient (Wildman–Crippen LogP) is 1.09. The zero-order chi connectivity index (χ0) is 10.3. The molecule has 2 aliphatic heterocycles. The van der Waals surface area contributed by atoms with Crippen molar-refractivity contribution >= 4 is 5.91 Å². The average molecular weight is 196 g/mol. The van der Waals surface area contributed by atoms with Crippen LogP contribution in [0.25, 0.3) is 0 Å². The molecule has 0 aromatic carbocycles. The SMILES string of the molecule is CC(C)(C)N1CC(=O)N2CCCC2C1. The number of hydrogen-bond acceptors (Lipinski definition) is 2. The van der Waals surface area contributed by atoms with Gasteiger partial charge in [0.05, 0.1) is 6.54 Å². The lowest BCUT2D eigenvalue weighted by molar-refractivity contribution is -0.140. The first-order valence-corrected chi connectivity index (χ1v) is 5.53. The van der Waals surface area contributed by atoms with E-state index >= 15 is 0 Å². The van der Waals surface area contributed by atoms with Crippen LogP contribution < -0.4 is 0 Å². The highest BCUT2D eigenvalue weighted by Crippen LogP contribution is 2.26. The van der Waals surface area contributed by atoms with Gasteiger partial charge in [0.25, 0.3) is 0 Å². The Kier molecular flexibility index (Phi) is 2.30. The molecule has 2 fully saturated rings. The van der Waals surface area contributed by atoms with Crippen LogP contribution in [0, 0.1) is 0 Å². The molecule has 0 bridgehead atoms. The van der Waals surface area contributed by atoms with Crippen LogP contribution >= 0.6 is 0 Å². The summed E-state index contributed by atoms with van der Waals surface area (Å²) in [6.45, 7) is 9.22. The minimum absolute atomic E-state index is 0.129. The first-order valence-electron chi connectivity index (χ1n) is 5.53. The highest BCUT2D eigenvalue weighted by atomic mass is 16.2. The Morgan fingerprint density at radius 2 is 2.07 bits per heavy atom. The van der Waals surface area contributed by atoms with Crippen molar-refractivity contribution in [1.82, 2.24) is 9.80 Å². The van der Waals surface area contributed by atoms with Crippen LogP contribution in [0.5, 0.6) is 0 Å². The third-order valence-corrected chi connectivity index (χ3v) is 3.40. The molecule has 0 N–H and O–H groups in total. The van der Waals surface area contributed by atoms with Crippen molar-refractivity contribution in [2.24, 2.45) is 0 Å². The molecule has 0 saturated carbocycles. The van der Waals surface area contributed by atoms with Crippen molar-refractivity contribution in [3.05, 3.63) is 0 Å². The number of hydrogen-bond donors (Lipinski definition) is 0. The Labute approximate surface area is 86.1 Å². The fourth-order valence-corrected chi connectivity index (χ4v) is 2.44. The summed E-state index contributed by atoms with van der Waals surface area (Å²) in [5.41, 5.74) is 0.129. The van der Waals surface area contributed by atoms with E-state index < -0.39 is 0 Å². The molecule has 14 heavy (non-hydrogen) atoms. The molecular formula is C11H20N2O. The van der Waals surface area contributed by atoms with E-state index in [4.69, 9.17) is 0 Å². The van der Waals surface area contributed by atoms with Crippen molar-refractivity contribution in [3.63, 3.8) is 0 Å². The van der Waals surface area contributed by atoms with E-state index in [9.17, 15) is 4.79 Å². The van der Waals surface area contributed by atoms with Crippen LogP contribution in [0.4, 0.5) is 0 Å². The Bertz CT molecular complexity index is 244. The zero-order valence-electron chi connectivity index (χ0n) is 9.42. The van der Waals surface area contributed by atoms with Crippen LogP contribution in [0.15, 0.2) is 0 Å². The van der Waals surface area contributed by atoms with Crippen molar-refractivity contribution in [1.29, 1.82) is 0 Å². The number of piperazine rings is 1. The highest BCUT2D eigenvalue weighted by Gasteiger charge is 2.38. The van der Waals surface area contributed by atoms with Crippen molar-refractivity contribution in [2.45, 2.75) is 45.2 Å². The molecule has 3 heteroatoms. The smallest absolute Gasteiger partial charge is 0.237 e. The fourth-order valence-electron chi connectivity index (χ4n) is 2.44. The molecule has 80 valence electrons. The molecule has 0 aromatic heterocycles. The van der Waals surface area contributed by atoms with Crippen molar-refractivity contribution in [2.75, 3.05) is 19.6 Å². The van der Waals surface area contributed by atoms with E-state index in [1.165, 1.54) is 12.8 Å². The molecule has 0 aromatic rings. The molecular weight excluding hydrogens is 176 g/mol. The fraction of sp³-hybridized carbons (Fsp3) is 0.909. The molecule has 2 aliphatic rings. The van der Waals surface area contributed by atoms with Gasteiger partial charge in [-0.15, -0.1) is 0 Å². The summed E-state index contributed by atoms with van der Waals surface area (Å²) in [5, 5.41) is 0. The van der Waals surface area contributed by atoms with Crippen LogP contribution in [0.3, 0.4) is 0 Å². The molecule has 1 atom stereocenters. The van der Waals surface area contributed by atoms with E-state index in [2.05, 4.69) is 30.6 Å². The number of rotatable bonds is 0. The second-order valence-electron chi connectivity index (χ2n) is 5.43. The van der Waals surface area contributed by atoms with Crippen LogP contribution in [-0.4, -0.2) is 46.9 Å². The van der Waals surface area contributed by atoms with E-state index in [0.29, 0.717) is 18.5 Å². The number of amides is 1. The quantitative estimate of drug-likeness (QED) is 0.579. The maximum Gasteiger partial charge on any atom is 0.237 e. The number of carbonyl (C=O) groups is 1. The molecule has 3 nitrogen and oxygen atoms in total. The number of fused-ring (bicyclic) bond motifs is 1. The topological polar surface area (TPSA) is 23.6 Å². The van der Waals surface area contributed by atoms with E-state index in [1.54, 1.807) is 0 Å². The van der Waals surface area contributed by atoms with Crippen LogP contribution in [-0.2, 0) is 4.79 Å². The molecule has 1 amide bonds. The second-order valence-corrected chi connectivity index (χ2v) is 5.43. The van der Waals surface area contributed by atoms with Crippen LogP contribution in [0.1, 0.15) is 33.6 Å². The molecule has 0 radical (unpaired) electrons. The molecule has 2 heterocycles. The van der Waals surface area contributed by atoms with Gasteiger partial charge in [0.2, 0.25) is 5.91 Å². The summed E-state index contributed by atoms with van der Waals surface area (Å²) in [5.74, 6) is 0.327. The summed E-state index contributed by atoms with van der Waals surface area (Å²) >= 11 is 0. The number of nitrogens with zero attached hydrogens (tertiary/aromatic N) is 2. The Morgan fingerprint density at radius 1 is 1.36 bits per heavy atom. The van der Waals surface area contributed by atoms with Crippen LogP contribution in [0.2, 0.25) is 0 Å². The lowest BCUT2D eigenvalue weighted by Gasteiger charge is -2.43. The van der Waals surface area contributed by atoms with Crippen molar-refractivity contribution < 1.29 is 4.79 Å². The predicted molar refractivity (Wildman–Crippen MR) is 56.1 cm³/mol. The zero-order valence-corrected chi connectivity index (χ0v) is 9.42. The Balaban J connectivity index is 2.10. The van der Waals surface area contributed by atoms with Crippen molar-refractivity contribution in [3.8, 4) is 0 Å². The highest BCUT2D eigenvalue weighted by molar-refractivity contribution is 5.79. The van der Waals surface area contributed by atoms with E-state index in [0.717, 1.165) is 13.1 Å². The normalized spacial score (nSPS) is 29.5. The minimum atomic E-state index is 0.129. The summed E-state index contributed by atoms with van der Waals surface area (Å²) < 4.78 is 0. The van der Waals surface area contributed by atoms with Gasteiger partial charge in [-0.05, 0) is 33.6 Å². The van der Waals surface area contributed by atoms with Gasteiger partial charge in [0.1, 0.15) is 0 Å². The third kappa shape index (κ3) is 1.65. The Hall–Kier alpha value is -0.570. The van der Waals surface area contributed by atoms with Gasteiger partial charge >= 0.3 is 0 Å². The molecule has 2 rings (SSSR count). The summed E-state index contributed by atoms with van der Waals surface area (Å²) in [6.07, 6.45) is 2.38. The monoisotopic (exact) mass is 196 g/mol. The maximum atomic E-state index is 11.8. The van der Waals surface area contributed by atoms with E-state index in [-0.39, 0.29) is 5.54 Å². The van der Waals surface area contributed by atoms with E-state index in [1.807, 2.05) is 0 Å². The second kappa shape index (κ2) is 3.23. The molecule has 0 spiro atoms. The van der Waals surface area contributed by atoms with Gasteiger partial charge in [-0.25, -0.2) is 0 Å². The lowest BCUT2D eigenvalue weighted by atomic mass is 10.0. The summed E-state index contributed by atoms with van der Waals surface area (Å²) in [7, 11) is 0. The largest absolute Gasteiger partial charge is 0.337 e. The molecule has 1 unspecified atom stereocenters. The third-order valence-electron chi connectivity index (χ3n) is 3.40. The maximum absolute atomic E-state index is 11.8. The lowest BCUT2D eigenvalue weighted by Crippen LogP contribution is -2.58.